The van der Waals surface area contributed by atoms with E-state index >= 15 is 0 Å². The lowest BCUT2D eigenvalue weighted by molar-refractivity contribution is 0.896. The Labute approximate surface area is 94.8 Å². The van der Waals surface area contributed by atoms with Crippen LogP contribution in [0.15, 0.2) is 42.9 Å². The molecule has 0 aliphatic rings. The smallest absolute Gasteiger partial charge is 0.128 e. The van der Waals surface area contributed by atoms with Crippen LogP contribution in [-0.2, 0) is 6.54 Å². The predicted molar refractivity (Wildman–Crippen MR) is 65.0 cm³/mol. The summed E-state index contributed by atoms with van der Waals surface area (Å²) in [4.78, 5) is 10.3. The van der Waals surface area contributed by atoms with E-state index in [4.69, 9.17) is 5.73 Å². The van der Waals surface area contributed by atoms with Crippen LogP contribution in [0.3, 0.4) is 0 Å². The summed E-state index contributed by atoms with van der Waals surface area (Å²) >= 11 is 0. The Kier molecular flexibility index (Phi) is 3.00. The molecule has 2 heterocycles. The summed E-state index contributed by atoms with van der Waals surface area (Å²) in [6.45, 7) is 0.805. The normalized spacial score (nSPS) is 10.1. The first kappa shape index (κ1) is 10.4. The van der Waals surface area contributed by atoms with E-state index in [1.54, 1.807) is 18.6 Å². The Hall–Kier alpha value is -2.10. The van der Waals surface area contributed by atoms with E-state index in [0.717, 1.165) is 12.4 Å². The van der Waals surface area contributed by atoms with Gasteiger partial charge in [0.15, 0.2) is 0 Å². The number of nitrogens with two attached hydrogens (primary N) is 1. The molecule has 0 atom stereocenters. The molecule has 0 aliphatic carbocycles. The first-order valence-electron chi connectivity index (χ1n) is 5.07. The number of hydrogen-bond donors (Lipinski definition) is 1. The quantitative estimate of drug-likeness (QED) is 0.844. The molecule has 0 saturated heterocycles. The molecule has 0 aromatic carbocycles. The van der Waals surface area contributed by atoms with Crippen molar-refractivity contribution in [1.29, 1.82) is 0 Å². The van der Waals surface area contributed by atoms with Gasteiger partial charge in [0.05, 0.1) is 11.9 Å². The van der Waals surface area contributed by atoms with Crippen molar-refractivity contribution >= 4 is 11.5 Å². The highest BCUT2D eigenvalue weighted by molar-refractivity contribution is 5.45. The van der Waals surface area contributed by atoms with Gasteiger partial charge in [-0.25, -0.2) is 4.98 Å². The number of hydrogen-bond acceptors (Lipinski definition) is 4. The second kappa shape index (κ2) is 4.61. The van der Waals surface area contributed by atoms with Crippen LogP contribution in [-0.4, -0.2) is 17.0 Å². The van der Waals surface area contributed by atoms with Crippen LogP contribution in [0.25, 0.3) is 0 Å². The Morgan fingerprint density at radius 1 is 1.19 bits per heavy atom. The van der Waals surface area contributed by atoms with Crippen molar-refractivity contribution in [3.8, 4) is 0 Å². The van der Waals surface area contributed by atoms with Gasteiger partial charge in [-0.3, -0.25) is 4.98 Å². The maximum atomic E-state index is 5.59. The van der Waals surface area contributed by atoms with Crippen molar-refractivity contribution < 1.29 is 0 Å². The van der Waals surface area contributed by atoms with Gasteiger partial charge in [-0.1, -0.05) is 0 Å². The van der Waals surface area contributed by atoms with Crippen molar-refractivity contribution in [2.75, 3.05) is 17.7 Å². The van der Waals surface area contributed by atoms with Crippen molar-refractivity contribution in [3.05, 3.63) is 48.4 Å². The molecule has 0 spiro atoms. The fourth-order valence-corrected chi connectivity index (χ4v) is 1.47. The Balaban J connectivity index is 2.09. The summed E-state index contributed by atoms with van der Waals surface area (Å²) in [5.74, 6) is 0.908. The Morgan fingerprint density at radius 2 is 1.94 bits per heavy atom. The first-order chi connectivity index (χ1) is 7.75. The second-order valence-corrected chi connectivity index (χ2v) is 3.66. The summed E-state index contributed by atoms with van der Waals surface area (Å²) in [7, 11) is 2.00. The molecule has 2 rings (SSSR count). The van der Waals surface area contributed by atoms with Gasteiger partial charge >= 0.3 is 0 Å². The van der Waals surface area contributed by atoms with E-state index in [9.17, 15) is 0 Å². The lowest BCUT2D eigenvalue weighted by Crippen LogP contribution is -2.17. The van der Waals surface area contributed by atoms with Crippen LogP contribution in [0.1, 0.15) is 5.56 Å². The van der Waals surface area contributed by atoms with E-state index < -0.39 is 0 Å². The summed E-state index contributed by atoms with van der Waals surface area (Å²) < 4.78 is 0. The zero-order valence-electron chi connectivity index (χ0n) is 9.17. The molecular weight excluding hydrogens is 200 g/mol. The predicted octanol–water partition coefficient (Wildman–Crippen LogP) is 1.70. The molecule has 2 aromatic rings. The average Bonchev–Trinajstić information content (AvgIpc) is 2.31. The van der Waals surface area contributed by atoms with Gasteiger partial charge in [0.25, 0.3) is 0 Å². The SMILES string of the molecule is CN(Cc1ccncc1)c1ccc(N)cn1. The summed E-state index contributed by atoms with van der Waals surface area (Å²) in [5, 5.41) is 0. The molecule has 0 bridgehead atoms. The Morgan fingerprint density at radius 3 is 2.56 bits per heavy atom. The molecular formula is C12H14N4. The van der Waals surface area contributed by atoms with Crippen LogP contribution < -0.4 is 10.6 Å². The molecule has 16 heavy (non-hydrogen) atoms. The highest BCUT2D eigenvalue weighted by Gasteiger charge is 2.02. The number of aromatic nitrogens is 2. The minimum atomic E-state index is 0.682. The minimum Gasteiger partial charge on any atom is -0.397 e. The van der Waals surface area contributed by atoms with Gasteiger partial charge < -0.3 is 10.6 Å². The molecule has 2 N–H and O–H groups in total. The number of rotatable bonds is 3. The van der Waals surface area contributed by atoms with Crippen molar-refractivity contribution in [2.24, 2.45) is 0 Å². The van der Waals surface area contributed by atoms with E-state index in [1.807, 2.05) is 31.3 Å². The van der Waals surface area contributed by atoms with Gasteiger partial charge in [-0.15, -0.1) is 0 Å². The molecule has 0 saturated carbocycles. The van der Waals surface area contributed by atoms with E-state index in [0.29, 0.717) is 5.69 Å². The van der Waals surface area contributed by atoms with Crippen LogP contribution >= 0.6 is 0 Å². The maximum Gasteiger partial charge on any atom is 0.128 e. The molecule has 0 unspecified atom stereocenters. The van der Waals surface area contributed by atoms with Gasteiger partial charge in [-0.2, -0.15) is 0 Å². The number of anilines is 2. The molecule has 0 fully saturated rings. The highest BCUT2D eigenvalue weighted by Crippen LogP contribution is 2.13. The fourth-order valence-electron chi connectivity index (χ4n) is 1.47. The molecule has 0 aliphatic heterocycles. The molecule has 4 nitrogen and oxygen atoms in total. The third-order valence-electron chi connectivity index (χ3n) is 2.33. The monoisotopic (exact) mass is 214 g/mol. The zero-order valence-corrected chi connectivity index (χ0v) is 9.17. The number of nitrogen functional groups attached to an aromatic ring is 1. The van der Waals surface area contributed by atoms with Crippen molar-refractivity contribution in [2.45, 2.75) is 6.54 Å². The first-order valence-corrected chi connectivity index (χ1v) is 5.07. The maximum absolute atomic E-state index is 5.59. The zero-order chi connectivity index (χ0) is 11.4. The van der Waals surface area contributed by atoms with Crippen LogP contribution in [0.5, 0.6) is 0 Å². The topological polar surface area (TPSA) is 55.0 Å². The molecule has 0 amide bonds. The van der Waals surface area contributed by atoms with Crippen molar-refractivity contribution in [1.82, 2.24) is 9.97 Å². The molecule has 82 valence electrons. The molecule has 0 radical (unpaired) electrons. The fraction of sp³-hybridized carbons (Fsp3) is 0.167. The second-order valence-electron chi connectivity index (χ2n) is 3.66. The third-order valence-corrected chi connectivity index (χ3v) is 2.33. The standard InChI is InChI=1S/C12H14N4/c1-16(9-10-4-6-14-7-5-10)12-3-2-11(13)8-15-12/h2-8H,9,13H2,1H3. The molecule has 4 heteroatoms. The highest BCUT2D eigenvalue weighted by atomic mass is 15.2. The summed E-state index contributed by atoms with van der Waals surface area (Å²) in [5.41, 5.74) is 7.48. The van der Waals surface area contributed by atoms with Gasteiger partial charge in [0, 0.05) is 26.0 Å². The van der Waals surface area contributed by atoms with Gasteiger partial charge in [0.1, 0.15) is 5.82 Å². The largest absolute Gasteiger partial charge is 0.397 e. The van der Waals surface area contributed by atoms with Gasteiger partial charge in [-0.05, 0) is 29.8 Å². The molecule has 2 aromatic heterocycles. The van der Waals surface area contributed by atoms with Crippen LogP contribution in [0, 0.1) is 0 Å². The van der Waals surface area contributed by atoms with Crippen molar-refractivity contribution in [3.63, 3.8) is 0 Å². The van der Waals surface area contributed by atoms with Crippen LogP contribution in [0.2, 0.25) is 0 Å². The average molecular weight is 214 g/mol. The van der Waals surface area contributed by atoms with Crippen LogP contribution in [0.4, 0.5) is 11.5 Å². The van der Waals surface area contributed by atoms with E-state index in [-0.39, 0.29) is 0 Å². The minimum absolute atomic E-state index is 0.682. The lowest BCUT2D eigenvalue weighted by atomic mass is 10.2. The Bertz CT molecular complexity index is 438. The van der Waals surface area contributed by atoms with Gasteiger partial charge in [0.2, 0.25) is 0 Å². The summed E-state index contributed by atoms with van der Waals surface area (Å²) in [6, 6.07) is 7.75. The third kappa shape index (κ3) is 2.48. The lowest BCUT2D eigenvalue weighted by Gasteiger charge is -2.17. The number of pyridine rings is 2. The van der Waals surface area contributed by atoms with E-state index in [2.05, 4.69) is 14.9 Å². The number of nitrogens with zero attached hydrogens (tertiary/aromatic N) is 3. The van der Waals surface area contributed by atoms with E-state index in [1.165, 1.54) is 5.56 Å². The summed E-state index contributed by atoms with van der Waals surface area (Å²) in [6.07, 6.45) is 5.25.